The third-order valence-electron chi connectivity index (χ3n) is 4.82. The van der Waals surface area contributed by atoms with E-state index in [0.29, 0.717) is 17.1 Å². The fourth-order valence-electron chi connectivity index (χ4n) is 3.36. The van der Waals surface area contributed by atoms with Crippen molar-refractivity contribution in [2.45, 2.75) is 31.5 Å². The molecule has 1 aromatic rings. The van der Waals surface area contributed by atoms with E-state index in [1.807, 2.05) is 0 Å². The molecule has 2 N–H and O–H groups in total. The van der Waals surface area contributed by atoms with Gasteiger partial charge in [0.05, 0.1) is 18.3 Å². The molecule has 2 atom stereocenters. The van der Waals surface area contributed by atoms with Gasteiger partial charge in [-0.3, -0.25) is 14.5 Å². The molecule has 4 rings (SSSR count). The molecule has 4 amide bonds. The first-order valence-corrected chi connectivity index (χ1v) is 10.7. The highest BCUT2D eigenvalue weighted by Crippen LogP contribution is 2.33. The van der Waals surface area contributed by atoms with Gasteiger partial charge in [-0.15, -0.1) is 0 Å². The summed E-state index contributed by atoms with van der Waals surface area (Å²) in [7, 11) is -3.26. The molecule has 154 valence electrons. The Morgan fingerprint density at radius 3 is 2.79 bits per heavy atom. The first-order valence-electron chi connectivity index (χ1n) is 9.01. The second kappa shape index (κ2) is 7.39. The Bertz CT molecular complexity index is 1000. The number of nitrogens with one attached hydrogen (secondary N) is 2. The number of ether oxygens (including phenoxy) is 2. The minimum Gasteiger partial charge on any atom is -0.454 e. The van der Waals surface area contributed by atoms with Gasteiger partial charge in [0.25, 0.3) is 5.91 Å². The molecule has 29 heavy (non-hydrogen) atoms. The zero-order chi connectivity index (χ0) is 20.6. The van der Waals surface area contributed by atoms with E-state index < -0.39 is 33.9 Å². The molecule has 0 unspecified atom stereocenters. The minimum absolute atomic E-state index is 0.0149. The van der Waals surface area contributed by atoms with E-state index >= 15 is 0 Å². The molecule has 11 heteroatoms. The van der Waals surface area contributed by atoms with Crippen molar-refractivity contribution in [3.8, 4) is 11.5 Å². The molecular weight excluding hydrogens is 402 g/mol. The van der Waals surface area contributed by atoms with E-state index in [4.69, 9.17) is 9.47 Å². The molecule has 0 aromatic heterocycles. The number of urea groups is 1. The summed E-state index contributed by atoms with van der Waals surface area (Å²) in [5, 5.41) is 6.25. The van der Waals surface area contributed by atoms with E-state index in [2.05, 4.69) is 10.6 Å². The SMILES string of the molecule is O=C(CC[C@H]1NC(=O)N(Cc2ccc3c(c2)OCO3)C1=O)N[C@@H]1C=CS(=O)(=O)C1. The topological polar surface area (TPSA) is 131 Å². The van der Waals surface area contributed by atoms with Gasteiger partial charge in [-0.2, -0.15) is 0 Å². The molecule has 1 saturated heterocycles. The standard InChI is InChI=1S/C18H19N3O7S/c22-16(19-12-5-6-29(25,26)9-12)4-2-13-17(23)21(18(24)20-13)8-11-1-3-14-15(7-11)28-10-27-14/h1,3,5-7,12-13H,2,4,8-10H2,(H,19,22)(H,20,24)/t12-,13-/m1/s1. The number of amides is 4. The highest BCUT2D eigenvalue weighted by atomic mass is 32.2. The lowest BCUT2D eigenvalue weighted by atomic mass is 10.1. The maximum absolute atomic E-state index is 12.6. The molecule has 3 aliphatic rings. The van der Waals surface area contributed by atoms with E-state index in [1.165, 1.54) is 6.08 Å². The van der Waals surface area contributed by atoms with Crippen LogP contribution in [-0.2, 0) is 26.0 Å². The highest BCUT2D eigenvalue weighted by Gasteiger charge is 2.38. The number of benzene rings is 1. The zero-order valence-corrected chi connectivity index (χ0v) is 16.1. The molecule has 0 aliphatic carbocycles. The number of carbonyl (C=O) groups is 3. The Morgan fingerprint density at radius 1 is 1.24 bits per heavy atom. The van der Waals surface area contributed by atoms with E-state index in [1.54, 1.807) is 18.2 Å². The normalized spacial score (nSPS) is 24.1. The van der Waals surface area contributed by atoms with Crippen LogP contribution in [0, 0.1) is 0 Å². The monoisotopic (exact) mass is 421 g/mol. The number of hydrogen-bond acceptors (Lipinski definition) is 7. The predicted octanol–water partition coefficient (Wildman–Crippen LogP) is 0.0428. The van der Waals surface area contributed by atoms with Crippen LogP contribution in [0.2, 0.25) is 0 Å². The van der Waals surface area contributed by atoms with Gasteiger partial charge in [0, 0.05) is 11.8 Å². The Kier molecular flexibility index (Phi) is 4.91. The molecule has 3 heterocycles. The maximum Gasteiger partial charge on any atom is 0.325 e. The van der Waals surface area contributed by atoms with Crippen LogP contribution in [0.5, 0.6) is 11.5 Å². The van der Waals surface area contributed by atoms with Gasteiger partial charge >= 0.3 is 6.03 Å². The average molecular weight is 421 g/mol. The molecular formula is C18H19N3O7S. The zero-order valence-electron chi connectivity index (χ0n) is 15.3. The minimum atomic E-state index is -3.26. The number of imide groups is 1. The van der Waals surface area contributed by atoms with Crippen molar-refractivity contribution < 1.29 is 32.3 Å². The van der Waals surface area contributed by atoms with Crippen LogP contribution < -0.4 is 20.1 Å². The molecule has 1 fully saturated rings. The van der Waals surface area contributed by atoms with E-state index in [9.17, 15) is 22.8 Å². The first-order chi connectivity index (χ1) is 13.8. The van der Waals surface area contributed by atoms with Crippen molar-refractivity contribution in [3.05, 3.63) is 35.2 Å². The van der Waals surface area contributed by atoms with Crippen LogP contribution in [0.1, 0.15) is 18.4 Å². The van der Waals surface area contributed by atoms with Crippen LogP contribution in [0.3, 0.4) is 0 Å². The molecule has 0 saturated carbocycles. The Morgan fingerprint density at radius 2 is 2.03 bits per heavy atom. The fraction of sp³-hybridized carbons (Fsp3) is 0.389. The number of rotatable bonds is 6. The highest BCUT2D eigenvalue weighted by molar-refractivity contribution is 7.94. The average Bonchev–Trinajstić information content (AvgIpc) is 3.33. The van der Waals surface area contributed by atoms with Gasteiger partial charge in [-0.25, -0.2) is 13.2 Å². The van der Waals surface area contributed by atoms with Crippen LogP contribution in [0.15, 0.2) is 29.7 Å². The molecule has 0 bridgehead atoms. The number of hydrogen-bond donors (Lipinski definition) is 2. The summed E-state index contributed by atoms with van der Waals surface area (Å²) in [4.78, 5) is 37.9. The molecule has 10 nitrogen and oxygen atoms in total. The second-order valence-corrected chi connectivity index (χ2v) is 8.92. The summed E-state index contributed by atoms with van der Waals surface area (Å²) in [5.41, 5.74) is 0.713. The van der Waals surface area contributed by atoms with Crippen molar-refractivity contribution >= 4 is 27.7 Å². The van der Waals surface area contributed by atoms with Crippen LogP contribution in [0.25, 0.3) is 0 Å². The third-order valence-corrected chi connectivity index (χ3v) is 6.22. The van der Waals surface area contributed by atoms with Gasteiger partial charge < -0.3 is 20.1 Å². The summed E-state index contributed by atoms with van der Waals surface area (Å²) in [6.07, 6.45) is 1.53. The molecule has 3 aliphatic heterocycles. The van der Waals surface area contributed by atoms with E-state index in [0.717, 1.165) is 10.3 Å². The van der Waals surface area contributed by atoms with Gasteiger partial charge in [0.2, 0.25) is 12.7 Å². The second-order valence-electron chi connectivity index (χ2n) is 6.98. The van der Waals surface area contributed by atoms with Crippen molar-refractivity contribution in [1.29, 1.82) is 0 Å². The van der Waals surface area contributed by atoms with Crippen molar-refractivity contribution in [2.75, 3.05) is 12.5 Å². The van der Waals surface area contributed by atoms with E-state index in [-0.39, 0.29) is 37.8 Å². The molecule has 0 radical (unpaired) electrons. The van der Waals surface area contributed by atoms with Gasteiger partial charge in [-0.05, 0) is 30.2 Å². The predicted molar refractivity (Wildman–Crippen MR) is 99.5 cm³/mol. The third kappa shape index (κ3) is 4.19. The summed E-state index contributed by atoms with van der Waals surface area (Å²) < 4.78 is 33.3. The van der Waals surface area contributed by atoms with Crippen molar-refractivity contribution in [2.24, 2.45) is 0 Å². The lowest BCUT2D eigenvalue weighted by Crippen LogP contribution is -2.37. The lowest BCUT2D eigenvalue weighted by molar-refractivity contribution is -0.128. The maximum atomic E-state index is 12.6. The van der Waals surface area contributed by atoms with Crippen molar-refractivity contribution in [3.63, 3.8) is 0 Å². The molecule has 1 aromatic carbocycles. The van der Waals surface area contributed by atoms with Gasteiger partial charge in [0.1, 0.15) is 6.04 Å². The Labute approximate surface area is 166 Å². The summed E-state index contributed by atoms with van der Waals surface area (Å²) >= 11 is 0. The Hall–Kier alpha value is -3.08. The Balaban J connectivity index is 1.30. The van der Waals surface area contributed by atoms with Crippen LogP contribution >= 0.6 is 0 Å². The number of nitrogens with zero attached hydrogens (tertiary/aromatic N) is 1. The summed E-state index contributed by atoms with van der Waals surface area (Å²) in [5.74, 6) is 0.212. The number of carbonyl (C=O) groups excluding carboxylic acids is 3. The van der Waals surface area contributed by atoms with Gasteiger partial charge in [-0.1, -0.05) is 6.07 Å². The van der Waals surface area contributed by atoms with Crippen LogP contribution in [0.4, 0.5) is 4.79 Å². The van der Waals surface area contributed by atoms with Crippen LogP contribution in [-0.4, -0.2) is 55.8 Å². The fourth-order valence-corrected chi connectivity index (χ4v) is 4.60. The number of sulfone groups is 1. The first kappa shape index (κ1) is 19.2. The smallest absolute Gasteiger partial charge is 0.325 e. The largest absolute Gasteiger partial charge is 0.454 e. The lowest BCUT2D eigenvalue weighted by Gasteiger charge is -2.14. The number of fused-ring (bicyclic) bond motifs is 1. The van der Waals surface area contributed by atoms with Crippen molar-refractivity contribution in [1.82, 2.24) is 15.5 Å². The quantitative estimate of drug-likeness (QED) is 0.620. The van der Waals surface area contributed by atoms with Gasteiger partial charge in [0.15, 0.2) is 21.3 Å². The summed E-state index contributed by atoms with van der Waals surface area (Å²) in [6, 6.07) is 3.29. The molecule has 0 spiro atoms. The summed E-state index contributed by atoms with van der Waals surface area (Å²) in [6.45, 7) is 0.212.